The minimum atomic E-state index is -0.196. The van der Waals surface area contributed by atoms with Crippen LogP contribution in [0.3, 0.4) is 0 Å². The number of rotatable bonds is 3. The molecule has 1 aliphatic heterocycles. The van der Waals surface area contributed by atoms with Crippen LogP contribution >= 0.6 is 0 Å². The fourth-order valence-corrected chi connectivity index (χ4v) is 3.84. The van der Waals surface area contributed by atoms with Crippen LogP contribution in [-0.2, 0) is 11.2 Å². The Labute approximate surface area is 170 Å². The van der Waals surface area contributed by atoms with E-state index in [-0.39, 0.29) is 11.8 Å². The van der Waals surface area contributed by atoms with E-state index in [1.165, 1.54) is 0 Å². The summed E-state index contributed by atoms with van der Waals surface area (Å²) in [6, 6.07) is 13.5. The highest BCUT2D eigenvalue weighted by molar-refractivity contribution is 6.05. The first-order valence-electron chi connectivity index (χ1n) is 9.68. The Bertz CT molecular complexity index is 1110. The maximum Gasteiger partial charge on any atom is 0.256 e. The van der Waals surface area contributed by atoms with Crippen molar-refractivity contribution in [2.45, 2.75) is 33.6 Å². The molecule has 0 unspecified atom stereocenters. The summed E-state index contributed by atoms with van der Waals surface area (Å²) in [6.07, 6.45) is 1.12. The average Bonchev–Trinajstić information content (AvgIpc) is 3.04. The van der Waals surface area contributed by atoms with Gasteiger partial charge in [-0.2, -0.15) is 5.10 Å². The molecule has 3 aromatic rings. The molecule has 148 valence electrons. The average molecular weight is 388 g/mol. The first kappa shape index (κ1) is 18.9. The molecule has 2 amide bonds. The lowest BCUT2D eigenvalue weighted by molar-refractivity contribution is -0.118. The quantitative estimate of drug-likeness (QED) is 0.739. The summed E-state index contributed by atoms with van der Waals surface area (Å²) < 4.78 is 1.76. The molecule has 4 rings (SSSR count). The van der Waals surface area contributed by atoms with Crippen molar-refractivity contribution in [3.8, 4) is 5.69 Å². The van der Waals surface area contributed by atoms with Gasteiger partial charge in [-0.15, -0.1) is 0 Å². The van der Waals surface area contributed by atoms with Crippen LogP contribution in [0.4, 0.5) is 11.5 Å². The molecule has 29 heavy (non-hydrogen) atoms. The van der Waals surface area contributed by atoms with Gasteiger partial charge in [-0.05, 0) is 74.2 Å². The number of fused-ring (bicyclic) bond motifs is 1. The van der Waals surface area contributed by atoms with Crippen molar-refractivity contribution in [2.75, 3.05) is 17.3 Å². The van der Waals surface area contributed by atoms with E-state index in [1.807, 2.05) is 51.1 Å². The van der Waals surface area contributed by atoms with Crippen molar-refractivity contribution >= 4 is 23.3 Å². The predicted octanol–water partition coefficient (Wildman–Crippen LogP) is 3.96. The molecule has 1 aliphatic rings. The molecule has 2 heterocycles. The third-order valence-corrected chi connectivity index (χ3v) is 5.21. The number of aromatic nitrogens is 2. The number of benzene rings is 2. The maximum absolute atomic E-state index is 12.9. The van der Waals surface area contributed by atoms with Gasteiger partial charge in [0.25, 0.3) is 5.91 Å². The molecule has 6 nitrogen and oxygen atoms in total. The summed E-state index contributed by atoms with van der Waals surface area (Å²) in [4.78, 5) is 26.5. The standard InChI is InChI=1S/C23H24N4O2/c1-14-9-15(2)11-19(10-14)27-21(12-16(3)25-27)24-23(29)18-5-7-20-17(13-18)6-8-22(28)26(20)4/h5,7,9-13H,6,8H2,1-4H3,(H,24,29). The molecular formula is C23H24N4O2. The van der Waals surface area contributed by atoms with Gasteiger partial charge in [0, 0.05) is 30.8 Å². The van der Waals surface area contributed by atoms with Gasteiger partial charge in [-0.25, -0.2) is 4.68 Å². The van der Waals surface area contributed by atoms with Crippen LogP contribution in [0.5, 0.6) is 0 Å². The van der Waals surface area contributed by atoms with E-state index < -0.39 is 0 Å². The van der Waals surface area contributed by atoms with E-state index >= 15 is 0 Å². The summed E-state index contributed by atoms with van der Waals surface area (Å²) >= 11 is 0. The van der Waals surface area contributed by atoms with Crippen molar-refractivity contribution in [3.05, 3.63) is 70.4 Å². The van der Waals surface area contributed by atoms with Crippen LogP contribution in [0.2, 0.25) is 0 Å². The number of nitrogens with one attached hydrogen (secondary N) is 1. The lowest BCUT2D eigenvalue weighted by Crippen LogP contribution is -2.31. The number of nitrogens with zero attached hydrogens (tertiary/aromatic N) is 3. The van der Waals surface area contributed by atoms with E-state index in [0.29, 0.717) is 24.2 Å². The van der Waals surface area contributed by atoms with Gasteiger partial charge >= 0.3 is 0 Å². The van der Waals surface area contributed by atoms with Crippen molar-refractivity contribution in [1.82, 2.24) is 9.78 Å². The van der Waals surface area contributed by atoms with E-state index in [1.54, 1.807) is 22.7 Å². The molecule has 6 heteroatoms. The first-order chi connectivity index (χ1) is 13.8. The highest BCUT2D eigenvalue weighted by Crippen LogP contribution is 2.28. The summed E-state index contributed by atoms with van der Waals surface area (Å²) in [5.74, 6) is 0.530. The van der Waals surface area contributed by atoms with Gasteiger partial charge in [0.2, 0.25) is 5.91 Å². The van der Waals surface area contributed by atoms with E-state index in [2.05, 4.69) is 16.5 Å². The van der Waals surface area contributed by atoms with E-state index in [4.69, 9.17) is 0 Å². The van der Waals surface area contributed by atoms with E-state index in [0.717, 1.165) is 33.8 Å². The fraction of sp³-hybridized carbons (Fsp3) is 0.261. The summed E-state index contributed by atoms with van der Waals surface area (Å²) in [5, 5.41) is 7.55. The lowest BCUT2D eigenvalue weighted by atomic mass is 9.99. The van der Waals surface area contributed by atoms with Gasteiger partial charge in [-0.3, -0.25) is 9.59 Å². The second kappa shape index (κ2) is 7.20. The molecule has 0 bridgehead atoms. The Kier molecular flexibility index (Phi) is 4.70. The molecule has 0 radical (unpaired) electrons. The Hall–Kier alpha value is -3.41. The molecule has 0 saturated heterocycles. The molecule has 2 aromatic carbocycles. The van der Waals surface area contributed by atoms with Crippen molar-refractivity contribution in [1.29, 1.82) is 0 Å². The van der Waals surface area contributed by atoms with Crippen LogP contribution in [0.1, 0.15) is 39.2 Å². The van der Waals surface area contributed by atoms with E-state index in [9.17, 15) is 9.59 Å². The van der Waals surface area contributed by atoms with Gasteiger partial charge < -0.3 is 10.2 Å². The van der Waals surface area contributed by atoms with Crippen LogP contribution in [0.15, 0.2) is 42.5 Å². The summed E-state index contributed by atoms with van der Waals surface area (Å²) in [6.45, 7) is 5.99. The lowest BCUT2D eigenvalue weighted by Gasteiger charge is -2.26. The second-order valence-corrected chi connectivity index (χ2v) is 7.68. The zero-order valence-electron chi connectivity index (χ0n) is 17.1. The SMILES string of the molecule is Cc1cc(C)cc(-n2nc(C)cc2NC(=O)c2ccc3c(c2)CCC(=O)N3C)c1. The molecule has 1 aromatic heterocycles. The predicted molar refractivity (Wildman–Crippen MR) is 114 cm³/mol. The third kappa shape index (κ3) is 3.66. The monoisotopic (exact) mass is 388 g/mol. The minimum absolute atomic E-state index is 0.0996. The smallest absolute Gasteiger partial charge is 0.256 e. The van der Waals surface area contributed by atoms with Crippen molar-refractivity contribution in [3.63, 3.8) is 0 Å². The second-order valence-electron chi connectivity index (χ2n) is 7.68. The van der Waals surface area contributed by atoms with Gasteiger partial charge in [-0.1, -0.05) is 6.07 Å². The normalized spacial score (nSPS) is 13.4. The Morgan fingerprint density at radius 2 is 1.72 bits per heavy atom. The Balaban J connectivity index is 1.64. The third-order valence-electron chi connectivity index (χ3n) is 5.21. The number of hydrogen-bond donors (Lipinski definition) is 1. The van der Waals surface area contributed by atoms with Crippen molar-refractivity contribution in [2.24, 2.45) is 0 Å². The van der Waals surface area contributed by atoms with Gasteiger partial charge in [0.1, 0.15) is 5.82 Å². The number of anilines is 2. The van der Waals surface area contributed by atoms with Crippen LogP contribution in [0, 0.1) is 20.8 Å². The molecule has 1 N–H and O–H groups in total. The van der Waals surface area contributed by atoms with Gasteiger partial charge in [0.15, 0.2) is 0 Å². The van der Waals surface area contributed by atoms with Crippen molar-refractivity contribution < 1.29 is 9.59 Å². The van der Waals surface area contributed by atoms with Gasteiger partial charge in [0.05, 0.1) is 11.4 Å². The molecular weight excluding hydrogens is 364 g/mol. The number of carbonyl (C=O) groups is 2. The van der Waals surface area contributed by atoms with Crippen LogP contribution < -0.4 is 10.2 Å². The fourth-order valence-electron chi connectivity index (χ4n) is 3.84. The highest BCUT2D eigenvalue weighted by atomic mass is 16.2. The number of hydrogen-bond acceptors (Lipinski definition) is 3. The summed E-state index contributed by atoms with van der Waals surface area (Å²) in [7, 11) is 1.77. The molecule has 0 atom stereocenters. The molecule has 0 fully saturated rings. The topological polar surface area (TPSA) is 67.2 Å². The number of aryl methyl sites for hydroxylation is 4. The molecule has 0 saturated carbocycles. The molecule has 0 spiro atoms. The van der Waals surface area contributed by atoms with Crippen LogP contribution in [-0.4, -0.2) is 28.6 Å². The largest absolute Gasteiger partial charge is 0.315 e. The zero-order chi connectivity index (χ0) is 20.7. The summed E-state index contributed by atoms with van der Waals surface area (Å²) in [5.41, 5.74) is 6.46. The highest BCUT2D eigenvalue weighted by Gasteiger charge is 2.22. The Morgan fingerprint density at radius 1 is 1.00 bits per heavy atom. The first-order valence-corrected chi connectivity index (χ1v) is 9.68. The zero-order valence-corrected chi connectivity index (χ0v) is 17.1. The molecule has 0 aliphatic carbocycles. The minimum Gasteiger partial charge on any atom is -0.315 e. The maximum atomic E-state index is 12.9. The Morgan fingerprint density at radius 3 is 2.45 bits per heavy atom. The number of carbonyl (C=O) groups excluding carboxylic acids is 2. The van der Waals surface area contributed by atoms with Crippen LogP contribution in [0.25, 0.3) is 5.69 Å². The number of amides is 2.